The van der Waals surface area contributed by atoms with Gasteiger partial charge in [-0.3, -0.25) is 9.89 Å². The number of nitrogens with one attached hydrogen (secondary N) is 1. The molecule has 0 aliphatic rings. The van der Waals surface area contributed by atoms with Crippen molar-refractivity contribution < 1.29 is 9.53 Å². The van der Waals surface area contributed by atoms with Crippen molar-refractivity contribution in [3.8, 4) is 5.75 Å². The molecule has 0 aliphatic heterocycles. The number of aromatic amines is 1. The minimum atomic E-state index is 0.00452. The van der Waals surface area contributed by atoms with Crippen LogP contribution in [0.3, 0.4) is 0 Å². The smallest absolute Gasteiger partial charge is 0.232 e. The first-order valence-electron chi connectivity index (χ1n) is 8.49. The summed E-state index contributed by atoms with van der Waals surface area (Å²) in [5.74, 6) is 1.73. The molecule has 0 saturated heterocycles. The van der Waals surface area contributed by atoms with E-state index in [0.717, 1.165) is 15.1 Å². The zero-order valence-corrected chi connectivity index (χ0v) is 18.4. The van der Waals surface area contributed by atoms with Gasteiger partial charge < -0.3 is 9.64 Å². The Balaban J connectivity index is 1.39. The molecule has 28 heavy (non-hydrogen) atoms. The lowest BCUT2D eigenvalue weighted by atomic mass is 10.3. The summed E-state index contributed by atoms with van der Waals surface area (Å²) in [6, 6.07) is 11.6. The van der Waals surface area contributed by atoms with Crippen molar-refractivity contribution >= 4 is 57.1 Å². The number of hydrogen-bond donors (Lipinski definition) is 1. The van der Waals surface area contributed by atoms with Crippen molar-refractivity contribution in [2.75, 3.05) is 26.0 Å². The standard InChI is InChI=1S/C19H19BrN4O2S2/c1-24(10-11-26-15-6-4-14(20)5-7-15)18(25)13-28-19-21-17(22-23-19)9-8-16-3-2-12-27-16/h2-9,12H,10-11,13H2,1H3,(H,21,22,23)/b9-8+. The number of hydrogen-bond acceptors (Lipinski definition) is 6. The lowest BCUT2D eigenvalue weighted by molar-refractivity contribution is -0.127. The highest BCUT2D eigenvalue weighted by atomic mass is 79.9. The van der Waals surface area contributed by atoms with Gasteiger partial charge in [0.05, 0.1) is 12.3 Å². The number of H-pyrrole nitrogens is 1. The average molecular weight is 479 g/mol. The number of nitrogens with zero attached hydrogens (tertiary/aromatic N) is 3. The second kappa shape index (κ2) is 10.4. The van der Waals surface area contributed by atoms with Gasteiger partial charge in [0.2, 0.25) is 11.1 Å². The maximum atomic E-state index is 12.3. The molecule has 1 N–H and O–H groups in total. The molecule has 2 aromatic heterocycles. The van der Waals surface area contributed by atoms with Gasteiger partial charge in [-0.25, -0.2) is 4.98 Å². The molecule has 0 bridgehead atoms. The number of amides is 1. The van der Waals surface area contributed by atoms with Gasteiger partial charge in [0.15, 0.2) is 0 Å². The van der Waals surface area contributed by atoms with Crippen molar-refractivity contribution in [2.24, 2.45) is 0 Å². The Labute approximate surface area is 180 Å². The molecule has 0 aliphatic carbocycles. The first-order valence-corrected chi connectivity index (χ1v) is 11.1. The fourth-order valence-corrected chi connectivity index (χ4v) is 3.77. The molecule has 0 radical (unpaired) electrons. The van der Waals surface area contributed by atoms with Gasteiger partial charge in [-0.2, -0.15) is 0 Å². The van der Waals surface area contributed by atoms with E-state index in [2.05, 4.69) is 31.1 Å². The number of thioether (sulfide) groups is 1. The van der Waals surface area contributed by atoms with E-state index in [1.807, 2.05) is 53.9 Å². The lowest BCUT2D eigenvalue weighted by Crippen LogP contribution is -2.32. The Morgan fingerprint density at radius 2 is 2.14 bits per heavy atom. The van der Waals surface area contributed by atoms with Crippen LogP contribution in [0.4, 0.5) is 0 Å². The van der Waals surface area contributed by atoms with Gasteiger partial charge in [0.1, 0.15) is 18.2 Å². The predicted molar refractivity (Wildman–Crippen MR) is 118 cm³/mol. The largest absolute Gasteiger partial charge is 0.492 e. The van der Waals surface area contributed by atoms with Gasteiger partial charge in [-0.05, 0) is 47.9 Å². The van der Waals surface area contributed by atoms with Gasteiger partial charge in [-0.1, -0.05) is 33.8 Å². The summed E-state index contributed by atoms with van der Waals surface area (Å²) < 4.78 is 6.65. The van der Waals surface area contributed by atoms with E-state index in [4.69, 9.17) is 4.74 Å². The van der Waals surface area contributed by atoms with Crippen molar-refractivity contribution in [2.45, 2.75) is 5.16 Å². The van der Waals surface area contributed by atoms with Crippen LogP contribution in [-0.4, -0.2) is 51.9 Å². The maximum absolute atomic E-state index is 12.3. The highest BCUT2D eigenvalue weighted by Gasteiger charge is 2.11. The summed E-state index contributed by atoms with van der Waals surface area (Å²) in [5, 5.41) is 9.58. The van der Waals surface area contributed by atoms with Gasteiger partial charge in [-0.15, -0.1) is 16.4 Å². The van der Waals surface area contributed by atoms with Crippen LogP contribution in [-0.2, 0) is 4.79 Å². The summed E-state index contributed by atoms with van der Waals surface area (Å²) in [4.78, 5) is 19.4. The number of benzene rings is 1. The van der Waals surface area contributed by atoms with Crippen LogP contribution >= 0.6 is 39.0 Å². The second-order valence-corrected chi connectivity index (χ2v) is 8.60. The predicted octanol–water partition coefficient (Wildman–Crippen LogP) is 4.43. The molecule has 3 rings (SSSR count). The monoisotopic (exact) mass is 478 g/mol. The van der Waals surface area contributed by atoms with Crippen LogP contribution < -0.4 is 4.74 Å². The lowest BCUT2D eigenvalue weighted by Gasteiger charge is -2.17. The van der Waals surface area contributed by atoms with E-state index in [-0.39, 0.29) is 11.7 Å². The summed E-state index contributed by atoms with van der Waals surface area (Å²) in [5.41, 5.74) is 0. The van der Waals surface area contributed by atoms with Crippen LogP contribution in [0.25, 0.3) is 12.2 Å². The summed E-state index contributed by atoms with van der Waals surface area (Å²) in [7, 11) is 1.76. The Bertz CT molecular complexity index is 910. The SMILES string of the molecule is CN(CCOc1ccc(Br)cc1)C(=O)CSc1n[nH]c(/C=C/c2cccs2)n1. The third kappa shape index (κ3) is 6.50. The molecule has 2 heterocycles. The Morgan fingerprint density at radius 3 is 2.89 bits per heavy atom. The first-order chi connectivity index (χ1) is 13.6. The normalized spacial score (nSPS) is 11.1. The summed E-state index contributed by atoms with van der Waals surface area (Å²) >= 11 is 6.35. The molecule has 0 unspecified atom stereocenters. The Kier molecular flexibility index (Phi) is 7.70. The van der Waals surface area contributed by atoms with Gasteiger partial charge in [0.25, 0.3) is 0 Å². The number of likely N-dealkylation sites (N-methyl/N-ethyl adjacent to an activating group) is 1. The van der Waals surface area contributed by atoms with Crippen molar-refractivity contribution in [1.29, 1.82) is 0 Å². The molecular weight excluding hydrogens is 460 g/mol. The van der Waals surface area contributed by atoms with Gasteiger partial charge in [0, 0.05) is 16.4 Å². The molecule has 0 atom stereocenters. The third-order valence-corrected chi connectivity index (χ3v) is 5.89. The zero-order chi connectivity index (χ0) is 19.8. The first kappa shape index (κ1) is 20.6. The van der Waals surface area contributed by atoms with Crippen LogP contribution in [0, 0.1) is 0 Å². The number of thiophene rings is 1. The molecule has 0 fully saturated rings. The molecule has 9 heteroatoms. The van der Waals surface area contributed by atoms with Crippen LogP contribution in [0.5, 0.6) is 5.75 Å². The molecule has 6 nitrogen and oxygen atoms in total. The molecular formula is C19H19BrN4O2S2. The Morgan fingerprint density at radius 1 is 1.32 bits per heavy atom. The minimum absolute atomic E-state index is 0.00452. The van der Waals surface area contributed by atoms with Crippen molar-refractivity contribution in [3.05, 3.63) is 57.0 Å². The van der Waals surface area contributed by atoms with Crippen molar-refractivity contribution in [3.63, 3.8) is 0 Å². The van der Waals surface area contributed by atoms with E-state index in [0.29, 0.717) is 24.1 Å². The molecule has 1 aromatic carbocycles. The molecule has 0 saturated carbocycles. The number of carbonyl (C=O) groups excluding carboxylic acids is 1. The topological polar surface area (TPSA) is 71.1 Å². The van der Waals surface area contributed by atoms with Crippen LogP contribution in [0.15, 0.2) is 51.4 Å². The quantitative estimate of drug-likeness (QED) is 0.460. The van der Waals surface area contributed by atoms with E-state index < -0.39 is 0 Å². The van der Waals surface area contributed by atoms with Crippen LogP contribution in [0.1, 0.15) is 10.7 Å². The number of aromatic nitrogens is 3. The van der Waals surface area contributed by atoms with Crippen molar-refractivity contribution in [1.82, 2.24) is 20.1 Å². The second-order valence-electron chi connectivity index (χ2n) is 5.76. The molecule has 1 amide bonds. The van der Waals surface area contributed by atoms with E-state index in [1.54, 1.807) is 23.3 Å². The third-order valence-electron chi connectivity index (χ3n) is 3.69. The van der Waals surface area contributed by atoms with E-state index in [1.165, 1.54) is 11.8 Å². The van der Waals surface area contributed by atoms with E-state index in [9.17, 15) is 4.79 Å². The van der Waals surface area contributed by atoms with Gasteiger partial charge >= 0.3 is 0 Å². The fourth-order valence-electron chi connectivity index (χ4n) is 2.14. The van der Waals surface area contributed by atoms with E-state index >= 15 is 0 Å². The molecule has 3 aromatic rings. The highest BCUT2D eigenvalue weighted by Crippen LogP contribution is 2.17. The number of ether oxygens (including phenoxy) is 1. The Hall–Kier alpha value is -2.10. The number of carbonyl (C=O) groups is 1. The minimum Gasteiger partial charge on any atom is -0.492 e. The zero-order valence-electron chi connectivity index (χ0n) is 15.2. The highest BCUT2D eigenvalue weighted by molar-refractivity contribution is 9.10. The molecule has 0 spiro atoms. The fraction of sp³-hybridized carbons (Fsp3) is 0.211. The summed E-state index contributed by atoms with van der Waals surface area (Å²) in [6.07, 6.45) is 3.85. The summed E-state index contributed by atoms with van der Waals surface area (Å²) in [6.45, 7) is 0.950. The average Bonchev–Trinajstić information content (AvgIpc) is 3.37. The number of rotatable bonds is 9. The molecule has 146 valence electrons. The maximum Gasteiger partial charge on any atom is 0.232 e. The number of halogens is 1. The van der Waals surface area contributed by atoms with Crippen LogP contribution in [0.2, 0.25) is 0 Å².